The first-order valence-electron chi connectivity index (χ1n) is 11.0. The first kappa shape index (κ1) is 27.4. The number of carbonyl (C=O) groups excluding carboxylic acids is 1. The van der Waals surface area contributed by atoms with Gasteiger partial charge in [0.15, 0.2) is 0 Å². The van der Waals surface area contributed by atoms with Crippen LogP contribution in [0.1, 0.15) is 51.3 Å². The van der Waals surface area contributed by atoms with Gasteiger partial charge in [-0.05, 0) is 70.4 Å². The molecular weight excluding hydrogens is 447 g/mol. The number of hydrogen-bond acceptors (Lipinski definition) is 5. The van der Waals surface area contributed by atoms with Crippen LogP contribution in [-0.4, -0.2) is 32.9 Å². The fourth-order valence-electron chi connectivity index (χ4n) is 3.85. The highest BCUT2D eigenvalue weighted by Gasteiger charge is 2.36. The van der Waals surface area contributed by atoms with E-state index in [2.05, 4.69) is 23.2 Å². The second-order valence-electron chi connectivity index (χ2n) is 9.61. The highest BCUT2D eigenvalue weighted by molar-refractivity contribution is 6.22. The third-order valence-electron chi connectivity index (χ3n) is 6.05. The number of aryl methyl sites for hydroxylation is 1. The first-order chi connectivity index (χ1) is 16.1. The summed E-state index contributed by atoms with van der Waals surface area (Å²) in [4.78, 5) is 28.5. The average molecular weight is 481 g/mol. The first-order valence-corrected chi connectivity index (χ1v) is 11.0. The second-order valence-corrected chi connectivity index (χ2v) is 9.61. The van der Waals surface area contributed by atoms with Gasteiger partial charge in [0.25, 0.3) is 0 Å². The van der Waals surface area contributed by atoms with Gasteiger partial charge in [0.1, 0.15) is 17.9 Å². The molecule has 3 N–H and O–H groups in total. The van der Waals surface area contributed by atoms with Crippen molar-refractivity contribution >= 4 is 23.5 Å². The molecule has 0 bridgehead atoms. The van der Waals surface area contributed by atoms with E-state index in [1.54, 1.807) is 53.8 Å². The number of aliphatic carboxylic acids is 1. The summed E-state index contributed by atoms with van der Waals surface area (Å²) >= 11 is 0. The van der Waals surface area contributed by atoms with Crippen molar-refractivity contribution in [1.29, 1.82) is 0 Å². The summed E-state index contributed by atoms with van der Waals surface area (Å²) in [5, 5.41) is 13.7. The summed E-state index contributed by atoms with van der Waals surface area (Å²) in [5.74, 6) is -1.21. The quantitative estimate of drug-likeness (QED) is 0.288. The van der Waals surface area contributed by atoms with Crippen molar-refractivity contribution < 1.29 is 19.1 Å². The third-order valence-corrected chi connectivity index (χ3v) is 6.05. The number of rotatable bonds is 10. The molecule has 2 aromatic rings. The lowest BCUT2D eigenvalue weighted by Crippen LogP contribution is -2.30. The maximum Gasteiger partial charge on any atom is 0.310 e. The number of carbonyl (C=O) groups is 2. The van der Waals surface area contributed by atoms with Crippen LogP contribution in [0.3, 0.4) is 0 Å². The number of halogens is 1. The molecule has 1 unspecified atom stereocenters. The molecule has 0 aliphatic rings. The molecule has 1 aromatic heterocycles. The van der Waals surface area contributed by atoms with E-state index in [4.69, 9.17) is 5.73 Å². The normalized spacial score (nSPS) is 14.7. The van der Waals surface area contributed by atoms with Crippen molar-refractivity contribution in [3.05, 3.63) is 83.2 Å². The van der Waals surface area contributed by atoms with Crippen molar-refractivity contribution in [3.8, 4) is 0 Å². The number of aromatic nitrogens is 2. The minimum absolute atomic E-state index is 0.0872. The Morgan fingerprint density at radius 3 is 2.43 bits per heavy atom. The van der Waals surface area contributed by atoms with Crippen LogP contribution >= 0.6 is 0 Å². The van der Waals surface area contributed by atoms with Gasteiger partial charge in [-0.25, -0.2) is 9.38 Å². The Morgan fingerprint density at radius 1 is 1.29 bits per heavy atom. The predicted octanol–water partition coefficient (Wildman–Crippen LogP) is 4.82. The van der Waals surface area contributed by atoms with Crippen molar-refractivity contribution in [2.45, 2.75) is 53.5 Å². The van der Waals surface area contributed by atoms with Crippen molar-refractivity contribution in [2.24, 2.45) is 16.1 Å². The lowest BCUT2D eigenvalue weighted by Gasteiger charge is -2.27. The zero-order valence-electron chi connectivity index (χ0n) is 21.1. The maximum absolute atomic E-state index is 13.5. The van der Waals surface area contributed by atoms with E-state index < -0.39 is 16.8 Å². The molecule has 1 atom stereocenters. The Bertz CT molecular complexity index is 1250. The summed E-state index contributed by atoms with van der Waals surface area (Å²) in [6, 6.07) is 4.40. The molecule has 1 heterocycles. The number of allylic oxidation sites excluding steroid dienone is 3. The fraction of sp³-hybridized carbons (Fsp3) is 0.333. The average Bonchev–Trinajstić information content (AvgIpc) is 3.21. The highest BCUT2D eigenvalue weighted by Crippen LogP contribution is 2.36. The molecule has 0 aliphatic carbocycles. The molecule has 8 heteroatoms. The van der Waals surface area contributed by atoms with Gasteiger partial charge < -0.3 is 15.6 Å². The molecule has 0 radical (unpaired) electrons. The number of carboxylic acids is 1. The van der Waals surface area contributed by atoms with Crippen LogP contribution < -0.4 is 5.73 Å². The SMILES string of the molecule is C=C(C)/C(=C(N)\N=C(/C)C(=C)c1ccc(F)cc1C)C(C)(C=O)c1cnn(CC(C)(C)C(=O)O)c1. The summed E-state index contributed by atoms with van der Waals surface area (Å²) < 4.78 is 15.0. The van der Waals surface area contributed by atoms with Crippen LogP contribution in [0.5, 0.6) is 0 Å². The van der Waals surface area contributed by atoms with Gasteiger partial charge in [0, 0.05) is 23.0 Å². The van der Waals surface area contributed by atoms with Crippen LogP contribution in [0.4, 0.5) is 4.39 Å². The number of carboxylic acid groups (broad SMARTS) is 1. The van der Waals surface area contributed by atoms with Gasteiger partial charge in [-0.3, -0.25) is 9.48 Å². The zero-order valence-corrected chi connectivity index (χ0v) is 21.1. The van der Waals surface area contributed by atoms with Gasteiger partial charge >= 0.3 is 5.97 Å². The lowest BCUT2D eigenvalue weighted by atomic mass is 9.75. The summed E-state index contributed by atoms with van der Waals surface area (Å²) in [5.41, 5.74) is 8.12. The highest BCUT2D eigenvalue weighted by atomic mass is 19.1. The predicted molar refractivity (Wildman–Crippen MR) is 136 cm³/mol. The van der Waals surface area contributed by atoms with E-state index in [1.807, 2.05) is 0 Å². The van der Waals surface area contributed by atoms with Crippen molar-refractivity contribution in [3.63, 3.8) is 0 Å². The molecule has 0 fully saturated rings. The van der Waals surface area contributed by atoms with Gasteiger partial charge in [0.2, 0.25) is 0 Å². The molecule has 0 aliphatic heterocycles. The van der Waals surface area contributed by atoms with Crippen LogP contribution in [0.2, 0.25) is 0 Å². The van der Waals surface area contributed by atoms with Gasteiger partial charge in [-0.2, -0.15) is 5.10 Å². The van der Waals surface area contributed by atoms with Gasteiger partial charge in [-0.15, -0.1) is 0 Å². The van der Waals surface area contributed by atoms with Crippen LogP contribution in [-0.2, 0) is 21.5 Å². The smallest absolute Gasteiger partial charge is 0.310 e. The number of aldehydes is 1. The van der Waals surface area contributed by atoms with Crippen LogP contribution in [0.25, 0.3) is 5.57 Å². The molecule has 0 spiro atoms. The third kappa shape index (κ3) is 5.82. The number of nitrogens with two attached hydrogens (primary N) is 1. The van der Waals surface area contributed by atoms with Crippen LogP contribution in [0.15, 0.2) is 65.7 Å². The standard InChI is InChI=1S/C27H33FN4O3/c1-16(2)23(24(29)31-19(5)18(4)22-10-9-21(28)11-17(22)3)27(8,15-33)20-12-30-32(13-20)14-26(6,7)25(34)35/h9-13,15H,1,4,14,29H2,2-3,5-8H3,(H,34,35)/b24-23+,31-19+. The van der Waals surface area contributed by atoms with E-state index in [9.17, 15) is 19.1 Å². The second kappa shape index (κ2) is 10.2. The van der Waals surface area contributed by atoms with Crippen LogP contribution in [0, 0.1) is 18.2 Å². The van der Waals surface area contributed by atoms with Gasteiger partial charge in [0.05, 0.1) is 23.6 Å². The van der Waals surface area contributed by atoms with E-state index in [0.29, 0.717) is 33.6 Å². The van der Waals surface area contributed by atoms with Crippen molar-refractivity contribution in [1.82, 2.24) is 9.78 Å². The Labute approximate surface area is 205 Å². The Kier molecular flexibility index (Phi) is 8.00. The number of aliphatic imine (C=N–C) groups is 1. The molecule has 186 valence electrons. The lowest BCUT2D eigenvalue weighted by molar-refractivity contribution is -0.147. The van der Waals surface area contributed by atoms with E-state index in [-0.39, 0.29) is 18.2 Å². The summed E-state index contributed by atoms with van der Waals surface area (Å²) in [6.45, 7) is 18.3. The van der Waals surface area contributed by atoms with E-state index in [0.717, 1.165) is 11.8 Å². The minimum Gasteiger partial charge on any atom is -0.481 e. The molecule has 0 saturated heterocycles. The molecule has 7 nitrogen and oxygen atoms in total. The Hall–Kier alpha value is -3.81. The summed E-state index contributed by atoms with van der Waals surface area (Å²) in [7, 11) is 0. The maximum atomic E-state index is 13.5. The Balaban J connectivity index is 2.54. The topological polar surface area (TPSA) is 111 Å². The number of nitrogens with zero attached hydrogens (tertiary/aromatic N) is 3. The molecule has 0 amide bonds. The minimum atomic E-state index is -1.24. The van der Waals surface area contributed by atoms with E-state index >= 15 is 0 Å². The number of hydrogen-bond donors (Lipinski definition) is 2. The van der Waals surface area contributed by atoms with E-state index in [1.165, 1.54) is 23.0 Å². The molecule has 2 rings (SSSR count). The molecule has 1 aromatic carbocycles. The molecule has 35 heavy (non-hydrogen) atoms. The monoisotopic (exact) mass is 480 g/mol. The molecular formula is C27H33FN4O3. The van der Waals surface area contributed by atoms with Gasteiger partial charge in [-0.1, -0.05) is 24.8 Å². The fourth-order valence-corrected chi connectivity index (χ4v) is 3.85. The summed E-state index contributed by atoms with van der Waals surface area (Å²) in [6.07, 6.45) is 3.89. The zero-order chi connectivity index (χ0) is 26.7. The largest absolute Gasteiger partial charge is 0.481 e. The Morgan fingerprint density at radius 2 is 1.91 bits per heavy atom. The van der Waals surface area contributed by atoms with Crippen molar-refractivity contribution in [2.75, 3.05) is 0 Å². The molecule has 0 saturated carbocycles. The number of benzene rings is 1.